The Morgan fingerprint density at radius 1 is 1.19 bits per heavy atom. The minimum absolute atomic E-state index is 0.0464. The number of carbonyl (C=O) groups excluding carboxylic acids is 1. The van der Waals surface area contributed by atoms with E-state index in [2.05, 4.69) is 10.3 Å². The van der Waals surface area contributed by atoms with Gasteiger partial charge in [0.25, 0.3) is 5.91 Å². The van der Waals surface area contributed by atoms with Gasteiger partial charge in [0, 0.05) is 32.0 Å². The molecule has 0 aliphatic carbocycles. The highest BCUT2D eigenvalue weighted by Crippen LogP contribution is 2.22. The summed E-state index contributed by atoms with van der Waals surface area (Å²) in [4.78, 5) is 16.9. The van der Waals surface area contributed by atoms with Crippen LogP contribution < -0.4 is 5.32 Å². The summed E-state index contributed by atoms with van der Waals surface area (Å²) in [6.07, 6.45) is 3.26. The number of hydrogen-bond acceptors (Lipinski definition) is 5. The van der Waals surface area contributed by atoms with Gasteiger partial charge in [0.15, 0.2) is 0 Å². The minimum Gasteiger partial charge on any atom is -0.379 e. The molecular weight excluding hydrogens is 435 g/mol. The molecule has 0 saturated carbocycles. The number of benzene rings is 2. The summed E-state index contributed by atoms with van der Waals surface area (Å²) in [6, 6.07) is 10.7. The Kier molecular flexibility index (Phi) is 6.35. The number of aromatic nitrogens is 2. The molecule has 32 heavy (non-hydrogen) atoms. The fourth-order valence-corrected chi connectivity index (χ4v) is 5.17. The molecule has 1 aromatic heterocycles. The predicted octanol–water partition coefficient (Wildman–Crippen LogP) is 2.27. The first-order valence-electron chi connectivity index (χ1n) is 10.1. The van der Waals surface area contributed by atoms with Gasteiger partial charge in [-0.1, -0.05) is 18.2 Å². The molecule has 1 saturated heterocycles. The maximum Gasteiger partial charge on any atom is 0.252 e. The van der Waals surface area contributed by atoms with Crippen LogP contribution in [-0.4, -0.2) is 54.5 Å². The number of rotatable bonds is 6. The number of ether oxygens (including phenoxy) is 1. The van der Waals surface area contributed by atoms with Crippen LogP contribution >= 0.6 is 0 Å². The van der Waals surface area contributed by atoms with Crippen molar-refractivity contribution in [2.45, 2.75) is 18.4 Å². The number of imidazole rings is 1. The SMILES string of the molecule is Cc1nccn1-c1ccc(CNC(=O)c2ccccc2S(=O)(=O)N2CCOCC2)cc1F. The summed E-state index contributed by atoms with van der Waals surface area (Å²) in [6.45, 7) is 2.92. The number of carbonyl (C=O) groups is 1. The minimum atomic E-state index is -3.84. The summed E-state index contributed by atoms with van der Waals surface area (Å²) in [5.41, 5.74) is 0.952. The van der Waals surface area contributed by atoms with E-state index in [0.717, 1.165) is 0 Å². The van der Waals surface area contributed by atoms with Crippen molar-refractivity contribution >= 4 is 15.9 Å². The summed E-state index contributed by atoms with van der Waals surface area (Å²) in [7, 11) is -3.84. The standard InChI is InChI=1S/C22H23FN4O4S/c1-16-24-8-9-27(16)20-7-6-17(14-19(20)23)15-25-22(28)18-4-2-3-5-21(18)32(29,30)26-10-12-31-13-11-26/h2-9,14H,10-13,15H2,1H3,(H,25,28). The number of amides is 1. The number of nitrogens with one attached hydrogen (secondary N) is 1. The highest BCUT2D eigenvalue weighted by Gasteiger charge is 2.30. The average molecular weight is 459 g/mol. The third kappa shape index (κ3) is 4.43. The first kappa shape index (κ1) is 22.1. The molecule has 0 bridgehead atoms. The first-order valence-corrected chi connectivity index (χ1v) is 11.6. The third-order valence-corrected chi connectivity index (χ3v) is 7.23. The smallest absolute Gasteiger partial charge is 0.252 e. The van der Waals surface area contributed by atoms with Gasteiger partial charge in [-0.2, -0.15) is 4.31 Å². The monoisotopic (exact) mass is 458 g/mol. The van der Waals surface area contributed by atoms with Crippen molar-refractivity contribution in [2.75, 3.05) is 26.3 Å². The van der Waals surface area contributed by atoms with Crippen molar-refractivity contribution in [3.8, 4) is 5.69 Å². The van der Waals surface area contributed by atoms with Gasteiger partial charge in [-0.15, -0.1) is 0 Å². The molecule has 10 heteroatoms. The summed E-state index contributed by atoms with van der Waals surface area (Å²) >= 11 is 0. The first-order chi connectivity index (χ1) is 15.4. The molecule has 1 aliphatic rings. The number of aryl methyl sites for hydroxylation is 1. The Morgan fingerprint density at radius 2 is 1.94 bits per heavy atom. The molecular formula is C22H23FN4O4S. The van der Waals surface area contributed by atoms with Crippen LogP contribution in [0.15, 0.2) is 59.8 Å². The summed E-state index contributed by atoms with van der Waals surface area (Å²) < 4.78 is 48.9. The zero-order valence-electron chi connectivity index (χ0n) is 17.5. The molecule has 1 fully saturated rings. The lowest BCUT2D eigenvalue weighted by atomic mass is 10.1. The van der Waals surface area contributed by atoms with Crippen LogP contribution in [0.25, 0.3) is 5.69 Å². The molecule has 0 spiro atoms. The maximum atomic E-state index is 14.6. The van der Waals surface area contributed by atoms with Crippen molar-refractivity contribution in [2.24, 2.45) is 0 Å². The van der Waals surface area contributed by atoms with Gasteiger partial charge < -0.3 is 14.6 Å². The molecule has 2 aromatic carbocycles. The van der Waals surface area contributed by atoms with Gasteiger partial charge >= 0.3 is 0 Å². The van der Waals surface area contributed by atoms with Crippen LogP contribution in [0, 0.1) is 12.7 Å². The van der Waals surface area contributed by atoms with E-state index in [1.54, 1.807) is 48.1 Å². The van der Waals surface area contributed by atoms with Crippen LogP contribution in [0.4, 0.5) is 4.39 Å². The van der Waals surface area contributed by atoms with E-state index < -0.39 is 21.7 Å². The highest BCUT2D eigenvalue weighted by atomic mass is 32.2. The molecule has 0 atom stereocenters. The van der Waals surface area contributed by atoms with Crippen LogP contribution in [0.5, 0.6) is 0 Å². The molecule has 1 amide bonds. The quantitative estimate of drug-likeness (QED) is 0.612. The number of nitrogens with zero attached hydrogens (tertiary/aromatic N) is 3. The van der Waals surface area contributed by atoms with E-state index in [9.17, 15) is 17.6 Å². The van der Waals surface area contributed by atoms with Gasteiger partial charge in [-0.25, -0.2) is 17.8 Å². The molecule has 4 rings (SSSR count). The van der Waals surface area contributed by atoms with Gasteiger partial charge in [0.1, 0.15) is 11.6 Å². The largest absolute Gasteiger partial charge is 0.379 e. The van der Waals surface area contributed by atoms with Gasteiger partial charge in [0.05, 0.1) is 29.4 Å². The van der Waals surface area contributed by atoms with Crippen molar-refractivity contribution in [3.63, 3.8) is 0 Å². The van der Waals surface area contributed by atoms with Gasteiger partial charge in [-0.05, 0) is 36.8 Å². The van der Waals surface area contributed by atoms with Crippen LogP contribution in [0.1, 0.15) is 21.7 Å². The van der Waals surface area contributed by atoms with E-state index >= 15 is 0 Å². The van der Waals surface area contributed by atoms with Gasteiger partial charge in [-0.3, -0.25) is 4.79 Å². The van der Waals surface area contributed by atoms with Crippen molar-refractivity contribution in [1.82, 2.24) is 19.2 Å². The zero-order valence-corrected chi connectivity index (χ0v) is 18.3. The van der Waals surface area contributed by atoms with Crippen LogP contribution in [0.2, 0.25) is 0 Å². The van der Waals surface area contributed by atoms with Crippen molar-refractivity contribution in [1.29, 1.82) is 0 Å². The van der Waals surface area contributed by atoms with Crippen LogP contribution in [0.3, 0.4) is 0 Å². The van der Waals surface area contributed by atoms with E-state index in [0.29, 0.717) is 30.3 Å². The summed E-state index contributed by atoms with van der Waals surface area (Å²) in [5, 5.41) is 2.69. The lowest BCUT2D eigenvalue weighted by Crippen LogP contribution is -2.41. The van der Waals surface area contributed by atoms with Crippen LogP contribution in [-0.2, 0) is 21.3 Å². The highest BCUT2D eigenvalue weighted by molar-refractivity contribution is 7.89. The van der Waals surface area contributed by atoms with Crippen molar-refractivity contribution in [3.05, 3.63) is 77.6 Å². The lowest BCUT2D eigenvalue weighted by Gasteiger charge is -2.26. The van der Waals surface area contributed by atoms with E-state index in [1.807, 2.05) is 0 Å². The number of sulfonamides is 1. The maximum absolute atomic E-state index is 14.6. The zero-order chi connectivity index (χ0) is 22.7. The van der Waals surface area contributed by atoms with Crippen molar-refractivity contribution < 1.29 is 22.3 Å². The molecule has 2 heterocycles. The molecule has 0 unspecified atom stereocenters. The topological polar surface area (TPSA) is 93.5 Å². The second-order valence-electron chi connectivity index (χ2n) is 7.33. The molecule has 8 nitrogen and oxygen atoms in total. The number of halogens is 1. The number of morpholine rings is 1. The Morgan fingerprint density at radius 3 is 2.62 bits per heavy atom. The predicted molar refractivity (Wildman–Crippen MR) is 115 cm³/mol. The average Bonchev–Trinajstić information content (AvgIpc) is 3.23. The fourth-order valence-electron chi connectivity index (χ4n) is 3.57. The second-order valence-corrected chi connectivity index (χ2v) is 9.23. The number of hydrogen-bond donors (Lipinski definition) is 1. The van der Waals surface area contributed by atoms with E-state index in [-0.39, 0.29) is 30.1 Å². The van der Waals surface area contributed by atoms with E-state index in [4.69, 9.17) is 4.74 Å². The fraction of sp³-hybridized carbons (Fsp3) is 0.273. The molecule has 0 radical (unpaired) electrons. The Hall–Kier alpha value is -3.08. The molecule has 168 valence electrons. The Balaban J connectivity index is 1.51. The molecule has 1 N–H and O–H groups in total. The lowest BCUT2D eigenvalue weighted by molar-refractivity contribution is 0.0730. The summed E-state index contributed by atoms with van der Waals surface area (Å²) in [5.74, 6) is -0.344. The van der Waals surface area contributed by atoms with Gasteiger partial charge in [0.2, 0.25) is 10.0 Å². The second kappa shape index (κ2) is 9.19. The normalized spacial score (nSPS) is 14.9. The molecule has 1 aliphatic heterocycles. The Labute approximate surface area is 185 Å². The molecule has 3 aromatic rings. The Bertz CT molecular complexity index is 1240. The van der Waals surface area contributed by atoms with E-state index in [1.165, 1.54) is 22.5 Å². The third-order valence-electron chi connectivity index (χ3n) is 5.27.